The van der Waals surface area contributed by atoms with Crippen molar-refractivity contribution in [2.24, 2.45) is 5.92 Å². The lowest BCUT2D eigenvalue weighted by Gasteiger charge is -2.46. The van der Waals surface area contributed by atoms with Gasteiger partial charge in [-0.2, -0.15) is 0 Å². The molecule has 2 aliphatic heterocycles. The third-order valence-electron chi connectivity index (χ3n) is 6.69. The molecule has 0 radical (unpaired) electrons. The van der Waals surface area contributed by atoms with E-state index in [1.165, 1.54) is 39.9 Å². The van der Waals surface area contributed by atoms with Gasteiger partial charge in [0.2, 0.25) is 0 Å². The molecule has 0 N–H and O–H groups in total. The number of nitrogens with zero attached hydrogens (tertiary/aromatic N) is 1. The SMILES string of the molecule is COC(CC1C[C@H]2CC[C@@H](C1)[N+]2(C)C)(c1cccs1)c1cccs1.[I-]. The molecule has 138 valence electrons. The summed E-state index contributed by atoms with van der Waals surface area (Å²) in [7, 11) is 6.79. The van der Waals surface area contributed by atoms with Gasteiger partial charge in [-0.1, -0.05) is 12.1 Å². The van der Waals surface area contributed by atoms with E-state index in [1.54, 1.807) is 0 Å². The van der Waals surface area contributed by atoms with Crippen LogP contribution in [-0.4, -0.2) is 37.8 Å². The number of halogens is 1. The van der Waals surface area contributed by atoms with Crippen molar-refractivity contribution in [3.63, 3.8) is 0 Å². The van der Waals surface area contributed by atoms with Gasteiger partial charge < -0.3 is 33.2 Å². The predicted molar refractivity (Wildman–Crippen MR) is 103 cm³/mol. The molecule has 4 rings (SSSR count). The molecule has 25 heavy (non-hydrogen) atoms. The van der Waals surface area contributed by atoms with Crippen molar-refractivity contribution in [2.75, 3.05) is 21.2 Å². The van der Waals surface area contributed by atoms with E-state index >= 15 is 0 Å². The highest BCUT2D eigenvalue weighted by Gasteiger charge is 2.51. The minimum absolute atomic E-state index is 0. The zero-order chi connectivity index (χ0) is 16.8. The predicted octanol–water partition coefficient (Wildman–Crippen LogP) is 2.11. The molecular formula is C20H28INOS2. The van der Waals surface area contributed by atoms with Crippen LogP contribution < -0.4 is 24.0 Å². The van der Waals surface area contributed by atoms with Crippen LogP contribution in [0.3, 0.4) is 0 Å². The second kappa shape index (κ2) is 7.58. The molecule has 2 fully saturated rings. The second-order valence-electron chi connectivity index (χ2n) is 8.04. The van der Waals surface area contributed by atoms with E-state index in [4.69, 9.17) is 4.74 Å². The van der Waals surface area contributed by atoms with E-state index in [0.717, 1.165) is 24.4 Å². The molecule has 0 saturated carbocycles. The number of fused-ring (bicyclic) bond motifs is 2. The van der Waals surface area contributed by atoms with Crippen molar-refractivity contribution in [1.29, 1.82) is 0 Å². The topological polar surface area (TPSA) is 9.23 Å². The lowest BCUT2D eigenvalue weighted by Crippen LogP contribution is -3.00. The Balaban J connectivity index is 0.00000182. The highest BCUT2D eigenvalue weighted by atomic mass is 127. The van der Waals surface area contributed by atoms with E-state index in [1.807, 2.05) is 29.8 Å². The first kappa shape index (κ1) is 19.8. The van der Waals surface area contributed by atoms with Crippen molar-refractivity contribution in [3.05, 3.63) is 44.8 Å². The molecule has 0 amide bonds. The van der Waals surface area contributed by atoms with Crippen LogP contribution >= 0.6 is 22.7 Å². The van der Waals surface area contributed by atoms with Crippen LogP contribution in [0.15, 0.2) is 35.0 Å². The third kappa shape index (κ3) is 3.35. The van der Waals surface area contributed by atoms with Gasteiger partial charge in [0.05, 0.1) is 26.2 Å². The quantitative estimate of drug-likeness (QED) is 0.462. The van der Waals surface area contributed by atoms with Gasteiger partial charge in [-0.25, -0.2) is 0 Å². The normalized spacial score (nSPS) is 27.9. The molecular weight excluding hydrogens is 461 g/mol. The Bertz CT molecular complexity index is 618. The smallest absolute Gasteiger partial charge is 0.136 e. The Kier molecular flexibility index (Phi) is 6.01. The Morgan fingerprint density at radius 1 is 1.04 bits per heavy atom. The van der Waals surface area contributed by atoms with Crippen molar-refractivity contribution >= 4 is 22.7 Å². The largest absolute Gasteiger partial charge is 1.00 e. The molecule has 0 aromatic carbocycles. The molecule has 2 bridgehead atoms. The number of hydrogen-bond donors (Lipinski definition) is 0. The van der Waals surface area contributed by atoms with Crippen LogP contribution in [0.1, 0.15) is 41.9 Å². The maximum absolute atomic E-state index is 6.29. The summed E-state index contributed by atoms with van der Waals surface area (Å²) >= 11 is 3.67. The summed E-state index contributed by atoms with van der Waals surface area (Å²) in [6.07, 6.45) is 6.65. The number of hydrogen-bond acceptors (Lipinski definition) is 3. The number of thiophene rings is 2. The fourth-order valence-electron chi connectivity index (χ4n) is 5.19. The van der Waals surface area contributed by atoms with Crippen molar-refractivity contribution in [2.45, 2.75) is 49.8 Å². The number of ether oxygens (including phenoxy) is 1. The summed E-state index contributed by atoms with van der Waals surface area (Å²) in [5.41, 5.74) is -0.249. The zero-order valence-electron chi connectivity index (χ0n) is 15.3. The van der Waals surface area contributed by atoms with Crippen molar-refractivity contribution in [3.8, 4) is 0 Å². The molecule has 2 aromatic heterocycles. The molecule has 2 aliphatic rings. The van der Waals surface area contributed by atoms with Crippen LogP contribution in [-0.2, 0) is 10.3 Å². The monoisotopic (exact) mass is 489 g/mol. The van der Waals surface area contributed by atoms with Gasteiger partial charge in [0.1, 0.15) is 5.60 Å². The molecule has 3 atom stereocenters. The number of rotatable bonds is 5. The average Bonchev–Trinajstić information content (AvgIpc) is 3.28. The molecule has 4 heterocycles. The van der Waals surface area contributed by atoms with E-state index in [9.17, 15) is 0 Å². The fraction of sp³-hybridized carbons (Fsp3) is 0.600. The summed E-state index contributed by atoms with van der Waals surface area (Å²) < 4.78 is 7.53. The molecule has 5 heteroatoms. The van der Waals surface area contributed by atoms with Crippen molar-refractivity contribution in [1.82, 2.24) is 0 Å². The Morgan fingerprint density at radius 3 is 1.96 bits per heavy atom. The lowest BCUT2D eigenvalue weighted by atomic mass is 9.79. The van der Waals surface area contributed by atoms with E-state index in [-0.39, 0.29) is 29.6 Å². The Labute approximate surface area is 176 Å². The number of methoxy groups -OCH3 is 1. The maximum atomic E-state index is 6.29. The Hall–Kier alpha value is 0.0500. The highest BCUT2D eigenvalue weighted by Crippen LogP contribution is 2.49. The molecule has 2 aromatic rings. The number of piperidine rings is 1. The number of quaternary nitrogens is 1. The van der Waals surface area contributed by atoms with Gasteiger partial charge in [-0.3, -0.25) is 0 Å². The molecule has 1 unspecified atom stereocenters. The Morgan fingerprint density at radius 2 is 1.56 bits per heavy atom. The molecule has 0 spiro atoms. The maximum Gasteiger partial charge on any atom is 0.136 e. The van der Waals surface area contributed by atoms with Crippen molar-refractivity contribution < 1.29 is 33.2 Å². The van der Waals surface area contributed by atoms with E-state index in [2.05, 4.69) is 49.1 Å². The summed E-state index contributed by atoms with van der Waals surface area (Å²) in [6, 6.07) is 10.5. The van der Waals surface area contributed by atoms with Gasteiger partial charge in [0.15, 0.2) is 0 Å². The first-order valence-electron chi connectivity index (χ1n) is 9.02. The second-order valence-corrected chi connectivity index (χ2v) is 9.94. The van der Waals surface area contributed by atoms with Crippen LogP contribution in [0.5, 0.6) is 0 Å². The van der Waals surface area contributed by atoms with Gasteiger partial charge in [0, 0.05) is 42.5 Å². The van der Waals surface area contributed by atoms with Gasteiger partial charge in [0.25, 0.3) is 0 Å². The van der Waals surface area contributed by atoms with Gasteiger partial charge >= 0.3 is 0 Å². The van der Waals surface area contributed by atoms with Crippen LogP contribution in [0.25, 0.3) is 0 Å². The average molecular weight is 489 g/mol. The highest BCUT2D eigenvalue weighted by molar-refractivity contribution is 7.11. The van der Waals surface area contributed by atoms with Crippen LogP contribution in [0.4, 0.5) is 0 Å². The first-order valence-corrected chi connectivity index (χ1v) is 10.8. The fourth-order valence-corrected chi connectivity index (χ4v) is 7.11. The first-order chi connectivity index (χ1) is 11.6. The molecule has 0 aliphatic carbocycles. The summed E-state index contributed by atoms with van der Waals surface area (Å²) in [5.74, 6) is 0.762. The molecule has 2 saturated heterocycles. The summed E-state index contributed by atoms with van der Waals surface area (Å²) in [6.45, 7) is 0. The van der Waals surface area contributed by atoms with Gasteiger partial charge in [-0.05, 0) is 35.2 Å². The summed E-state index contributed by atoms with van der Waals surface area (Å²) in [4.78, 5) is 2.72. The third-order valence-corrected chi connectivity index (χ3v) is 8.72. The zero-order valence-corrected chi connectivity index (χ0v) is 19.1. The van der Waals surface area contributed by atoms with Gasteiger partial charge in [-0.15, -0.1) is 22.7 Å². The molecule has 2 nitrogen and oxygen atoms in total. The lowest BCUT2D eigenvalue weighted by molar-refractivity contribution is -0.931. The van der Waals surface area contributed by atoms with Crippen LogP contribution in [0, 0.1) is 5.92 Å². The minimum Gasteiger partial charge on any atom is -1.00 e. The van der Waals surface area contributed by atoms with Crippen LogP contribution in [0.2, 0.25) is 0 Å². The van der Waals surface area contributed by atoms with E-state index in [0.29, 0.717) is 0 Å². The van der Waals surface area contributed by atoms with E-state index < -0.39 is 0 Å². The standard InChI is InChI=1S/C20H28NOS2.HI/c1-21(2)16-8-9-17(21)13-15(12-16)14-20(22-3,18-6-4-10-23-18)19-7-5-11-24-19;/h4-7,10-11,15-17H,8-9,12-14H2,1-3H3;1H/q+1;/p-1/t15?,16-,17+;. The summed E-state index contributed by atoms with van der Waals surface area (Å²) in [5, 5.41) is 4.36. The minimum atomic E-state index is -0.249.